The quantitative estimate of drug-likeness (QED) is 0.232. The average Bonchev–Trinajstić information content (AvgIpc) is 2.82. The molecule has 0 saturated heterocycles. The van der Waals surface area contributed by atoms with E-state index >= 15 is 0 Å². The number of aromatic hydroxyl groups is 1. The van der Waals surface area contributed by atoms with Gasteiger partial charge in [-0.1, -0.05) is 18.2 Å². The van der Waals surface area contributed by atoms with Crippen LogP contribution in [0.4, 0.5) is 4.39 Å². The highest BCUT2D eigenvalue weighted by Crippen LogP contribution is 2.61. The maximum absolute atomic E-state index is 13.3. The molecule has 1 aliphatic rings. The lowest BCUT2D eigenvalue weighted by Crippen LogP contribution is -2.32. The molecule has 0 fully saturated rings. The Bertz CT molecular complexity index is 911. The summed E-state index contributed by atoms with van der Waals surface area (Å²) in [6.07, 6.45) is 4.29. The highest BCUT2D eigenvalue weighted by molar-refractivity contribution is 7.68. The Morgan fingerprint density at radius 3 is 2.58 bits per heavy atom. The summed E-state index contributed by atoms with van der Waals surface area (Å²) in [5.74, 6) is 0.0865. The van der Waals surface area contributed by atoms with Crippen LogP contribution in [0.25, 0.3) is 0 Å². The number of halogens is 1. The minimum Gasteiger partial charge on any atom is -0.505 e. The van der Waals surface area contributed by atoms with Crippen molar-refractivity contribution in [2.45, 2.75) is 31.8 Å². The molecule has 0 spiro atoms. The van der Waals surface area contributed by atoms with E-state index in [4.69, 9.17) is 9.47 Å². The van der Waals surface area contributed by atoms with Crippen LogP contribution in [-0.4, -0.2) is 52.1 Å². The molecule has 0 aromatic heterocycles. The molecule has 0 heterocycles. The topological polar surface area (TPSA) is 111 Å². The number of allylic oxidation sites excluding steroid dienone is 2. The molecule has 9 heteroatoms. The number of nitrogens with one attached hydrogen (secondary N) is 1. The summed E-state index contributed by atoms with van der Waals surface area (Å²) >= 11 is 0. The molecule has 0 amide bonds. The zero-order chi connectivity index (χ0) is 23.7. The summed E-state index contributed by atoms with van der Waals surface area (Å²) in [6, 6.07) is 12.8. The van der Waals surface area contributed by atoms with E-state index in [0.717, 1.165) is 25.3 Å². The Morgan fingerprint density at radius 2 is 1.88 bits per heavy atom. The molecule has 2 atom stereocenters. The highest BCUT2D eigenvalue weighted by atomic mass is 31.2. The Kier molecular flexibility index (Phi) is 9.47. The molecule has 2 aromatic carbocycles. The van der Waals surface area contributed by atoms with Crippen LogP contribution in [0, 0.1) is 11.7 Å². The van der Waals surface area contributed by atoms with Gasteiger partial charge in [0.15, 0.2) is 11.6 Å². The minimum atomic E-state index is -3.25. The third kappa shape index (κ3) is 8.25. The first-order chi connectivity index (χ1) is 15.8. The van der Waals surface area contributed by atoms with E-state index in [1.165, 1.54) is 12.1 Å². The minimum absolute atomic E-state index is 0.0105. The maximum atomic E-state index is 13.3. The van der Waals surface area contributed by atoms with Crippen molar-refractivity contribution in [1.29, 1.82) is 0 Å². The van der Waals surface area contributed by atoms with Gasteiger partial charge in [0, 0.05) is 19.0 Å². The molecule has 0 bridgehead atoms. The van der Waals surface area contributed by atoms with E-state index in [9.17, 15) is 24.4 Å². The molecular formula is C24H32FNO6P+. The van der Waals surface area contributed by atoms with E-state index in [1.54, 1.807) is 12.1 Å². The van der Waals surface area contributed by atoms with Gasteiger partial charge in [-0.05, 0) is 62.1 Å². The van der Waals surface area contributed by atoms with E-state index in [-0.39, 0.29) is 18.7 Å². The number of phenols is 1. The molecule has 0 aliphatic heterocycles. The van der Waals surface area contributed by atoms with Crippen LogP contribution in [0.5, 0.6) is 17.2 Å². The van der Waals surface area contributed by atoms with Crippen molar-refractivity contribution >= 4 is 7.72 Å². The summed E-state index contributed by atoms with van der Waals surface area (Å²) in [5, 5.41) is 23.1. The number of hydrogen-bond acceptors (Lipinski definition) is 7. The van der Waals surface area contributed by atoms with Gasteiger partial charge in [0.1, 0.15) is 29.5 Å². The summed E-state index contributed by atoms with van der Waals surface area (Å²) in [7, 11) is -3.25. The average molecular weight is 480 g/mol. The number of hydrogen-bond donors (Lipinski definition) is 5. The molecule has 3 rings (SSSR count). The molecule has 7 nitrogen and oxygen atoms in total. The van der Waals surface area contributed by atoms with Gasteiger partial charge in [-0.2, -0.15) is 0 Å². The lowest BCUT2D eigenvalue weighted by atomic mass is 9.91. The second kappa shape index (κ2) is 12.3. The van der Waals surface area contributed by atoms with Crippen LogP contribution in [0.3, 0.4) is 0 Å². The van der Waals surface area contributed by atoms with E-state index in [0.29, 0.717) is 36.5 Å². The first kappa shape index (κ1) is 25.4. The van der Waals surface area contributed by atoms with Gasteiger partial charge in [-0.15, -0.1) is 0 Å². The molecule has 2 aromatic rings. The second-order valence-electron chi connectivity index (χ2n) is 8.22. The summed E-state index contributed by atoms with van der Waals surface area (Å²) < 4.78 is 24.2. The van der Waals surface area contributed by atoms with E-state index < -0.39 is 25.4 Å². The monoisotopic (exact) mass is 480 g/mol. The largest absolute Gasteiger partial charge is 0.505 e. The molecule has 33 heavy (non-hydrogen) atoms. The van der Waals surface area contributed by atoms with Crippen LogP contribution in [-0.2, 0) is 0 Å². The first-order valence-corrected chi connectivity index (χ1v) is 12.9. The number of rotatable bonds is 12. The number of aliphatic hydroxyl groups is 1. The molecule has 1 unspecified atom stereocenters. The van der Waals surface area contributed by atoms with Crippen molar-refractivity contribution in [3.8, 4) is 17.2 Å². The Morgan fingerprint density at radius 1 is 1.09 bits per heavy atom. The fourth-order valence-electron chi connectivity index (χ4n) is 3.63. The third-order valence-electron chi connectivity index (χ3n) is 5.58. The van der Waals surface area contributed by atoms with Crippen LogP contribution >= 0.6 is 7.72 Å². The SMILES string of the molecule is Oc1ccc(OC[C@@H](O)CNCCC2CC=C([P+](O)(O)COc3ccccc3)CC2)cc1F. The van der Waals surface area contributed by atoms with Gasteiger partial charge in [0.05, 0.1) is 0 Å². The van der Waals surface area contributed by atoms with Gasteiger partial charge in [-0.3, -0.25) is 0 Å². The Balaban J connectivity index is 1.31. The second-order valence-corrected chi connectivity index (χ2v) is 10.5. The van der Waals surface area contributed by atoms with Crippen LogP contribution in [0.1, 0.15) is 25.7 Å². The first-order valence-electron chi connectivity index (χ1n) is 11.0. The van der Waals surface area contributed by atoms with Crippen molar-refractivity contribution in [3.63, 3.8) is 0 Å². The summed E-state index contributed by atoms with van der Waals surface area (Å²) in [5.41, 5.74) is 0. The van der Waals surface area contributed by atoms with Gasteiger partial charge >= 0.3 is 7.72 Å². The molecule has 1 aliphatic carbocycles. The smallest absolute Gasteiger partial charge is 0.334 e. The van der Waals surface area contributed by atoms with E-state index in [1.807, 2.05) is 24.3 Å². The number of para-hydroxylation sites is 1. The van der Waals surface area contributed by atoms with Crippen LogP contribution in [0.15, 0.2) is 59.9 Å². The Hall–Kier alpha value is -2.22. The number of aliphatic hydroxyl groups excluding tert-OH is 1. The van der Waals surface area contributed by atoms with Crippen molar-refractivity contribution in [2.75, 3.05) is 26.0 Å². The predicted molar refractivity (Wildman–Crippen MR) is 126 cm³/mol. The van der Waals surface area contributed by atoms with Crippen molar-refractivity contribution in [3.05, 3.63) is 65.7 Å². The highest BCUT2D eigenvalue weighted by Gasteiger charge is 2.41. The number of ether oxygens (including phenoxy) is 2. The van der Waals surface area contributed by atoms with Gasteiger partial charge in [-0.25, -0.2) is 14.2 Å². The molecule has 5 N–H and O–H groups in total. The molecule has 0 saturated carbocycles. The van der Waals surface area contributed by atoms with Crippen molar-refractivity contribution in [1.82, 2.24) is 5.32 Å². The standard InChI is InChI=1S/C24H31FNO6P/c25-23-14-21(8-11-24(23)28)31-16-19(27)15-26-13-12-18-6-9-22(10-7-18)33(29,30)17-32-20-4-2-1-3-5-20/h1-5,8-9,11,14,18-19,26-27,29-30H,6-7,10,12-13,15-17H2/p+1/t18?,19-/m0/s1. The van der Waals surface area contributed by atoms with E-state index in [2.05, 4.69) is 5.32 Å². The molecular weight excluding hydrogens is 448 g/mol. The normalized spacial score (nSPS) is 17.3. The third-order valence-corrected chi connectivity index (χ3v) is 7.40. The zero-order valence-electron chi connectivity index (χ0n) is 18.4. The Labute approximate surface area is 194 Å². The van der Waals surface area contributed by atoms with Gasteiger partial charge < -0.3 is 25.0 Å². The number of benzene rings is 2. The lowest BCUT2D eigenvalue weighted by molar-refractivity contribution is 0.106. The van der Waals surface area contributed by atoms with Crippen LogP contribution in [0.2, 0.25) is 0 Å². The van der Waals surface area contributed by atoms with Crippen LogP contribution < -0.4 is 14.8 Å². The predicted octanol–water partition coefficient (Wildman–Crippen LogP) is 3.80. The van der Waals surface area contributed by atoms with Gasteiger partial charge in [0.2, 0.25) is 0 Å². The fraction of sp³-hybridized carbons (Fsp3) is 0.417. The fourth-order valence-corrected chi connectivity index (χ4v) is 5.01. The zero-order valence-corrected chi connectivity index (χ0v) is 19.3. The molecule has 180 valence electrons. The summed E-state index contributed by atoms with van der Waals surface area (Å²) in [4.78, 5) is 21.0. The maximum Gasteiger partial charge on any atom is 0.334 e. The van der Waals surface area contributed by atoms with Gasteiger partial charge in [0.25, 0.3) is 6.35 Å². The summed E-state index contributed by atoms with van der Waals surface area (Å²) in [6.45, 7) is 1.07. The van der Waals surface area contributed by atoms with Crippen molar-refractivity contribution < 1.29 is 33.9 Å². The van der Waals surface area contributed by atoms with Crippen molar-refractivity contribution in [2.24, 2.45) is 5.92 Å². The number of phenolic OH excluding ortho intramolecular Hbond substituents is 1. The lowest BCUT2D eigenvalue weighted by Gasteiger charge is -2.24. The molecule has 0 radical (unpaired) electrons.